The largest absolute Gasteiger partial charge is 0.323 e. The molecule has 1 aliphatic rings. The quantitative estimate of drug-likeness (QED) is 0.644. The zero-order valence-corrected chi connectivity index (χ0v) is 10.2. The molecule has 0 aromatic heterocycles. The third kappa shape index (κ3) is 3.25. The van der Waals surface area contributed by atoms with Crippen molar-refractivity contribution < 1.29 is 14.1 Å². The minimum atomic E-state index is -0.800. The summed E-state index contributed by atoms with van der Waals surface area (Å²) in [5.74, 6) is -1.25. The van der Waals surface area contributed by atoms with Gasteiger partial charge >= 0.3 is 0 Å². The molecule has 1 fully saturated rings. The fourth-order valence-electron chi connectivity index (χ4n) is 2.03. The van der Waals surface area contributed by atoms with Gasteiger partial charge < -0.3 is 10.6 Å². The maximum Gasteiger partial charge on any atom is 0.272 e. The topological polar surface area (TPSA) is 84.3 Å². The summed E-state index contributed by atoms with van der Waals surface area (Å²) >= 11 is 0. The molecule has 1 saturated heterocycles. The molecule has 0 aliphatic carbocycles. The number of nitrogens with one attached hydrogen (secondary N) is 2. The molecule has 2 N–H and O–H groups in total. The first-order valence-corrected chi connectivity index (χ1v) is 6.03. The molecule has 1 heterocycles. The molecule has 6 nitrogen and oxygen atoms in total. The summed E-state index contributed by atoms with van der Waals surface area (Å²) in [6, 6.07) is 3.17. The molecule has 0 radical (unpaired) electrons. The number of nitro benzene ring substituents is 1. The number of benzene rings is 1. The third-order valence-corrected chi connectivity index (χ3v) is 3.09. The number of nitro groups is 1. The van der Waals surface area contributed by atoms with E-state index in [0.717, 1.165) is 31.5 Å². The summed E-state index contributed by atoms with van der Waals surface area (Å²) in [5.41, 5.74) is -0.365. The van der Waals surface area contributed by atoms with Crippen LogP contribution < -0.4 is 10.6 Å². The second-order valence-electron chi connectivity index (χ2n) is 4.45. The predicted octanol–water partition coefficient (Wildman–Crippen LogP) is 1.67. The van der Waals surface area contributed by atoms with Crippen molar-refractivity contribution in [1.29, 1.82) is 0 Å². The Bertz CT molecular complexity index is 501. The molecule has 1 unspecified atom stereocenters. The van der Waals surface area contributed by atoms with E-state index >= 15 is 0 Å². The number of rotatable bonds is 3. The summed E-state index contributed by atoms with van der Waals surface area (Å²) in [6.45, 7) is 1.45. The first kappa shape index (κ1) is 13.4. The maximum absolute atomic E-state index is 13.6. The van der Waals surface area contributed by atoms with Crippen molar-refractivity contribution in [2.75, 3.05) is 18.4 Å². The van der Waals surface area contributed by atoms with Gasteiger partial charge in [-0.2, -0.15) is 0 Å². The number of hydrogen-bond donors (Lipinski definition) is 2. The normalized spacial score (nSPS) is 18.9. The zero-order chi connectivity index (χ0) is 13.8. The lowest BCUT2D eigenvalue weighted by Gasteiger charge is -2.21. The highest BCUT2D eigenvalue weighted by Crippen LogP contribution is 2.21. The van der Waals surface area contributed by atoms with E-state index in [4.69, 9.17) is 0 Å². The zero-order valence-electron chi connectivity index (χ0n) is 10.2. The number of hydrogen-bond acceptors (Lipinski definition) is 4. The lowest BCUT2D eigenvalue weighted by Crippen LogP contribution is -2.37. The molecule has 7 heteroatoms. The summed E-state index contributed by atoms with van der Waals surface area (Å²) in [4.78, 5) is 21.7. The Hall–Kier alpha value is -2.02. The lowest BCUT2D eigenvalue weighted by atomic mass is 9.99. The minimum absolute atomic E-state index is 0.0267. The van der Waals surface area contributed by atoms with Crippen LogP contribution in [0.4, 0.5) is 15.8 Å². The SMILES string of the molecule is O=C(Nc1ccc([N+](=O)[O-])cc1F)C1CCCNC1. The van der Waals surface area contributed by atoms with Crippen molar-refractivity contribution in [2.45, 2.75) is 12.8 Å². The monoisotopic (exact) mass is 267 g/mol. The number of nitrogens with zero attached hydrogens (tertiary/aromatic N) is 1. The van der Waals surface area contributed by atoms with Gasteiger partial charge in [0.15, 0.2) is 5.82 Å². The van der Waals surface area contributed by atoms with E-state index in [1.54, 1.807) is 0 Å². The smallest absolute Gasteiger partial charge is 0.272 e. The minimum Gasteiger partial charge on any atom is -0.323 e. The number of carbonyl (C=O) groups excluding carboxylic acids is 1. The number of carbonyl (C=O) groups is 1. The van der Waals surface area contributed by atoms with Crippen LogP contribution in [0.2, 0.25) is 0 Å². The average Bonchev–Trinajstić information content (AvgIpc) is 2.41. The van der Waals surface area contributed by atoms with Gasteiger partial charge in [-0.3, -0.25) is 14.9 Å². The Labute approximate surface area is 109 Å². The second kappa shape index (κ2) is 5.75. The van der Waals surface area contributed by atoms with E-state index in [1.807, 2.05) is 0 Å². The molecule has 0 spiro atoms. The van der Waals surface area contributed by atoms with Crippen LogP contribution in [0.15, 0.2) is 18.2 Å². The van der Waals surface area contributed by atoms with Crippen LogP contribution >= 0.6 is 0 Å². The Morgan fingerprint density at radius 1 is 1.53 bits per heavy atom. The maximum atomic E-state index is 13.6. The Balaban J connectivity index is 2.06. The van der Waals surface area contributed by atoms with Gasteiger partial charge in [-0.1, -0.05) is 0 Å². The summed E-state index contributed by atoms with van der Waals surface area (Å²) < 4.78 is 13.6. The Morgan fingerprint density at radius 3 is 2.89 bits per heavy atom. The van der Waals surface area contributed by atoms with Crippen LogP contribution in [0, 0.1) is 21.8 Å². The Morgan fingerprint density at radius 2 is 2.32 bits per heavy atom. The van der Waals surface area contributed by atoms with Crippen LogP contribution in [0.3, 0.4) is 0 Å². The van der Waals surface area contributed by atoms with E-state index in [2.05, 4.69) is 10.6 Å². The highest BCUT2D eigenvalue weighted by molar-refractivity contribution is 5.93. The predicted molar refractivity (Wildman–Crippen MR) is 67.3 cm³/mol. The first-order chi connectivity index (χ1) is 9.08. The third-order valence-electron chi connectivity index (χ3n) is 3.09. The molecular formula is C12H14FN3O3. The van der Waals surface area contributed by atoms with Crippen molar-refractivity contribution in [3.05, 3.63) is 34.1 Å². The molecule has 102 valence electrons. The standard InChI is InChI=1S/C12H14FN3O3/c13-10-6-9(16(18)19)3-4-11(10)15-12(17)8-2-1-5-14-7-8/h3-4,6,8,14H,1-2,5,7H2,(H,15,17). The fourth-order valence-corrected chi connectivity index (χ4v) is 2.03. The van der Waals surface area contributed by atoms with Crippen molar-refractivity contribution >= 4 is 17.3 Å². The van der Waals surface area contributed by atoms with E-state index in [0.29, 0.717) is 6.54 Å². The fraction of sp³-hybridized carbons (Fsp3) is 0.417. The number of anilines is 1. The molecule has 1 aromatic rings. The molecule has 1 aliphatic heterocycles. The van der Waals surface area contributed by atoms with Crippen LogP contribution in [-0.2, 0) is 4.79 Å². The highest BCUT2D eigenvalue weighted by Gasteiger charge is 2.22. The molecule has 1 atom stereocenters. The molecule has 1 aromatic carbocycles. The summed E-state index contributed by atoms with van der Waals surface area (Å²) in [6.07, 6.45) is 1.66. The second-order valence-corrected chi connectivity index (χ2v) is 4.45. The van der Waals surface area contributed by atoms with Gasteiger partial charge in [0.05, 0.1) is 22.6 Å². The lowest BCUT2D eigenvalue weighted by molar-refractivity contribution is -0.385. The van der Waals surface area contributed by atoms with Gasteiger partial charge in [0.25, 0.3) is 5.69 Å². The van der Waals surface area contributed by atoms with Gasteiger partial charge in [0.1, 0.15) is 0 Å². The number of non-ortho nitro benzene ring substituents is 1. The molecular weight excluding hydrogens is 253 g/mol. The number of piperidine rings is 1. The van der Waals surface area contributed by atoms with Gasteiger partial charge in [-0.15, -0.1) is 0 Å². The average molecular weight is 267 g/mol. The van der Waals surface area contributed by atoms with E-state index in [1.165, 1.54) is 6.07 Å². The van der Waals surface area contributed by atoms with Gasteiger partial charge in [0, 0.05) is 12.6 Å². The molecule has 0 bridgehead atoms. The summed E-state index contributed by atoms with van der Waals surface area (Å²) in [5, 5.41) is 16.0. The molecule has 0 saturated carbocycles. The van der Waals surface area contributed by atoms with Crippen LogP contribution in [0.25, 0.3) is 0 Å². The van der Waals surface area contributed by atoms with Gasteiger partial charge in [-0.25, -0.2) is 4.39 Å². The number of amides is 1. The van der Waals surface area contributed by atoms with Crippen LogP contribution in [-0.4, -0.2) is 23.9 Å². The molecule has 1 amide bonds. The van der Waals surface area contributed by atoms with E-state index < -0.39 is 10.7 Å². The van der Waals surface area contributed by atoms with Crippen molar-refractivity contribution in [3.8, 4) is 0 Å². The summed E-state index contributed by atoms with van der Waals surface area (Å²) in [7, 11) is 0. The van der Waals surface area contributed by atoms with Crippen molar-refractivity contribution in [2.24, 2.45) is 5.92 Å². The van der Waals surface area contributed by atoms with E-state index in [-0.39, 0.29) is 23.2 Å². The van der Waals surface area contributed by atoms with Gasteiger partial charge in [-0.05, 0) is 25.5 Å². The van der Waals surface area contributed by atoms with Gasteiger partial charge in [0.2, 0.25) is 5.91 Å². The van der Waals surface area contributed by atoms with Crippen molar-refractivity contribution in [3.63, 3.8) is 0 Å². The van der Waals surface area contributed by atoms with Crippen LogP contribution in [0.5, 0.6) is 0 Å². The molecule has 2 rings (SSSR count). The number of halogens is 1. The van der Waals surface area contributed by atoms with Crippen LogP contribution in [0.1, 0.15) is 12.8 Å². The van der Waals surface area contributed by atoms with E-state index in [9.17, 15) is 19.3 Å². The highest BCUT2D eigenvalue weighted by atomic mass is 19.1. The Kier molecular flexibility index (Phi) is 4.06. The molecule has 19 heavy (non-hydrogen) atoms. The van der Waals surface area contributed by atoms with Crippen molar-refractivity contribution in [1.82, 2.24) is 5.32 Å². The first-order valence-electron chi connectivity index (χ1n) is 6.03.